The van der Waals surface area contributed by atoms with Crippen molar-refractivity contribution in [1.29, 1.82) is 0 Å². The summed E-state index contributed by atoms with van der Waals surface area (Å²) in [7, 11) is -4.74. The van der Waals surface area contributed by atoms with Gasteiger partial charge in [0.25, 0.3) is 0 Å². The maximum absolute atomic E-state index is 9.54. The van der Waals surface area contributed by atoms with Crippen LogP contribution in [0.3, 0.4) is 0 Å². The van der Waals surface area contributed by atoms with Gasteiger partial charge in [0.05, 0.1) is 12.7 Å². The highest BCUT2D eigenvalue weighted by atomic mass is 28.4. The van der Waals surface area contributed by atoms with Gasteiger partial charge >= 0.3 is 9.28 Å². The van der Waals surface area contributed by atoms with Crippen LogP contribution in [0.4, 0.5) is 0 Å². The molecule has 0 spiro atoms. The standard InChI is InChI=1S/C13H33O4Si3/c1-12(13(15)11-14)9-8-10-18(16-19(2,3)4)17-20(5,6)7/h13-15,18H,8-11H2,1-7H3. The van der Waals surface area contributed by atoms with Gasteiger partial charge in [-0.15, -0.1) is 0 Å². The lowest BCUT2D eigenvalue weighted by Crippen LogP contribution is -2.43. The zero-order chi connectivity index (χ0) is 16.0. The Bertz CT molecular complexity index is 247. The van der Waals surface area contributed by atoms with Crippen molar-refractivity contribution in [2.24, 2.45) is 0 Å². The van der Waals surface area contributed by atoms with Gasteiger partial charge in [-0.1, -0.05) is 13.3 Å². The Hall–Kier alpha value is 0.491. The first-order valence-corrected chi connectivity index (χ1v) is 16.0. The van der Waals surface area contributed by atoms with Crippen LogP contribution in [0.5, 0.6) is 0 Å². The summed E-state index contributed by atoms with van der Waals surface area (Å²) in [6.45, 7) is 14.9. The van der Waals surface area contributed by atoms with Crippen molar-refractivity contribution in [2.75, 3.05) is 6.61 Å². The Balaban J connectivity index is 4.30. The number of aliphatic hydroxyl groups is 2. The zero-order valence-electron chi connectivity index (χ0n) is 14.2. The Morgan fingerprint density at radius 2 is 1.50 bits per heavy atom. The molecule has 0 saturated carbocycles. The fraction of sp³-hybridized carbons (Fsp3) is 0.923. The second-order valence-electron chi connectivity index (χ2n) is 7.33. The van der Waals surface area contributed by atoms with Gasteiger partial charge in [-0.05, 0) is 51.7 Å². The topological polar surface area (TPSA) is 58.9 Å². The molecule has 0 aromatic heterocycles. The van der Waals surface area contributed by atoms with Gasteiger partial charge in [-0.2, -0.15) is 0 Å². The first-order chi connectivity index (χ1) is 8.94. The smallest absolute Gasteiger partial charge is 0.300 e. The highest BCUT2D eigenvalue weighted by Gasteiger charge is 2.28. The minimum absolute atomic E-state index is 0.191. The molecule has 0 aliphatic rings. The largest absolute Gasteiger partial charge is 0.439 e. The van der Waals surface area contributed by atoms with E-state index in [0.29, 0.717) is 0 Å². The molecule has 121 valence electrons. The van der Waals surface area contributed by atoms with E-state index in [-0.39, 0.29) is 6.61 Å². The van der Waals surface area contributed by atoms with Crippen molar-refractivity contribution in [1.82, 2.24) is 0 Å². The van der Waals surface area contributed by atoms with Crippen molar-refractivity contribution in [3.8, 4) is 0 Å². The van der Waals surface area contributed by atoms with E-state index in [0.717, 1.165) is 24.8 Å². The molecule has 20 heavy (non-hydrogen) atoms. The average molecular weight is 338 g/mol. The first kappa shape index (κ1) is 20.5. The minimum atomic E-state index is -1.62. The molecule has 0 amide bonds. The molecule has 0 aromatic carbocycles. The Kier molecular flexibility index (Phi) is 9.03. The molecular formula is C13H33O4Si3. The van der Waals surface area contributed by atoms with Crippen LogP contribution >= 0.6 is 0 Å². The number of rotatable bonds is 10. The van der Waals surface area contributed by atoms with Crippen LogP contribution in [-0.2, 0) is 8.23 Å². The van der Waals surface area contributed by atoms with Crippen LogP contribution in [0.15, 0.2) is 0 Å². The van der Waals surface area contributed by atoms with Crippen LogP contribution in [0.25, 0.3) is 0 Å². The van der Waals surface area contributed by atoms with Crippen molar-refractivity contribution in [2.45, 2.75) is 71.2 Å². The summed E-state index contributed by atoms with van der Waals surface area (Å²) in [5, 5.41) is 18.5. The normalized spacial score (nSPS) is 15.2. The van der Waals surface area contributed by atoms with E-state index in [1.807, 2.05) is 6.92 Å². The summed E-state index contributed by atoms with van der Waals surface area (Å²) in [5.74, 6) is 0.946. The molecule has 0 aliphatic heterocycles. The molecule has 0 aromatic rings. The summed E-state index contributed by atoms with van der Waals surface area (Å²) < 4.78 is 12.5. The van der Waals surface area contributed by atoms with Crippen molar-refractivity contribution in [3.05, 3.63) is 5.92 Å². The maximum atomic E-state index is 9.54. The first-order valence-electron chi connectivity index (χ1n) is 7.41. The molecule has 1 atom stereocenters. The van der Waals surface area contributed by atoms with Gasteiger partial charge in [0.2, 0.25) is 0 Å². The van der Waals surface area contributed by atoms with Crippen LogP contribution in [0, 0.1) is 5.92 Å². The van der Waals surface area contributed by atoms with E-state index in [2.05, 4.69) is 39.3 Å². The fourth-order valence-electron chi connectivity index (χ4n) is 1.80. The zero-order valence-corrected chi connectivity index (χ0v) is 17.3. The van der Waals surface area contributed by atoms with Gasteiger partial charge in [0.15, 0.2) is 16.6 Å². The van der Waals surface area contributed by atoms with Gasteiger partial charge in [-0.3, -0.25) is 0 Å². The van der Waals surface area contributed by atoms with E-state index in [1.165, 1.54) is 0 Å². The van der Waals surface area contributed by atoms with Gasteiger partial charge in [0.1, 0.15) is 0 Å². The predicted molar refractivity (Wildman–Crippen MR) is 92.1 cm³/mol. The van der Waals surface area contributed by atoms with Crippen molar-refractivity contribution < 1.29 is 18.4 Å². The summed E-state index contributed by atoms with van der Waals surface area (Å²) in [6, 6.07) is 0.976. The highest BCUT2D eigenvalue weighted by molar-refractivity contribution is 6.81. The molecule has 0 fully saturated rings. The Morgan fingerprint density at radius 1 is 1.05 bits per heavy atom. The molecule has 2 N–H and O–H groups in total. The van der Waals surface area contributed by atoms with Gasteiger partial charge in [0, 0.05) is 5.92 Å². The molecule has 4 nitrogen and oxygen atoms in total. The van der Waals surface area contributed by atoms with Crippen molar-refractivity contribution >= 4 is 25.9 Å². The highest BCUT2D eigenvalue weighted by Crippen LogP contribution is 2.20. The number of aliphatic hydroxyl groups excluding tert-OH is 2. The third kappa shape index (κ3) is 11.2. The SMILES string of the molecule is C[C](CCC[SiH](O[Si](C)(C)C)O[Si](C)(C)C)C(O)CO. The average Bonchev–Trinajstić information content (AvgIpc) is 2.23. The second kappa shape index (κ2) is 8.82. The molecule has 0 heterocycles. The monoisotopic (exact) mass is 337 g/mol. The predicted octanol–water partition coefficient (Wildman–Crippen LogP) is 2.64. The van der Waals surface area contributed by atoms with Gasteiger partial charge < -0.3 is 18.4 Å². The number of hydrogen-bond donors (Lipinski definition) is 2. The molecule has 1 radical (unpaired) electrons. The summed E-state index contributed by atoms with van der Waals surface area (Å²) in [5.41, 5.74) is 0. The lowest BCUT2D eigenvalue weighted by Gasteiger charge is -2.31. The Labute approximate surface area is 128 Å². The summed E-state index contributed by atoms with van der Waals surface area (Å²) >= 11 is 0. The van der Waals surface area contributed by atoms with Crippen LogP contribution < -0.4 is 0 Å². The molecule has 0 aliphatic carbocycles. The molecule has 7 heteroatoms. The molecular weight excluding hydrogens is 304 g/mol. The number of hydrogen-bond acceptors (Lipinski definition) is 4. The lowest BCUT2D eigenvalue weighted by molar-refractivity contribution is 0.102. The van der Waals surface area contributed by atoms with E-state index in [1.54, 1.807) is 0 Å². The third-order valence-corrected chi connectivity index (χ3v) is 11.4. The molecule has 0 rings (SSSR count). The van der Waals surface area contributed by atoms with Gasteiger partial charge in [-0.25, -0.2) is 0 Å². The van der Waals surface area contributed by atoms with Crippen molar-refractivity contribution in [3.63, 3.8) is 0 Å². The van der Waals surface area contributed by atoms with Crippen LogP contribution in [-0.4, -0.2) is 48.8 Å². The van der Waals surface area contributed by atoms with E-state index in [9.17, 15) is 5.11 Å². The third-order valence-electron chi connectivity index (χ3n) is 2.72. The molecule has 1 unspecified atom stereocenters. The quantitative estimate of drug-likeness (QED) is 0.602. The fourth-order valence-corrected chi connectivity index (χ4v) is 10.2. The summed E-state index contributed by atoms with van der Waals surface area (Å²) in [4.78, 5) is 0. The van der Waals surface area contributed by atoms with E-state index >= 15 is 0 Å². The van der Waals surface area contributed by atoms with E-state index in [4.69, 9.17) is 13.3 Å². The molecule has 0 saturated heterocycles. The molecule has 0 bridgehead atoms. The van der Waals surface area contributed by atoms with E-state index < -0.39 is 32.0 Å². The second-order valence-corrected chi connectivity index (χ2v) is 19.1. The van der Waals surface area contributed by atoms with Crippen LogP contribution in [0.2, 0.25) is 45.3 Å². The Morgan fingerprint density at radius 3 is 1.85 bits per heavy atom. The summed E-state index contributed by atoms with van der Waals surface area (Å²) in [6.07, 6.45) is 1.11. The lowest BCUT2D eigenvalue weighted by atomic mass is 10.0. The minimum Gasteiger partial charge on any atom is -0.439 e. The maximum Gasteiger partial charge on any atom is 0.300 e. The van der Waals surface area contributed by atoms with Crippen LogP contribution in [0.1, 0.15) is 19.8 Å².